The van der Waals surface area contributed by atoms with Crippen molar-refractivity contribution in [2.45, 2.75) is 47.6 Å². The number of fused-ring (bicyclic) bond motifs is 1. The number of imidazole rings is 1. The van der Waals surface area contributed by atoms with E-state index in [1.807, 2.05) is 19.9 Å². The number of aromatic nitrogens is 3. The van der Waals surface area contributed by atoms with Gasteiger partial charge in [-0.1, -0.05) is 43.3 Å². The molecule has 4 aromatic rings. The minimum atomic E-state index is 0.648. The molecule has 2 heterocycles. The molecule has 2 aromatic heterocycles. The molecule has 0 bridgehead atoms. The predicted octanol–water partition coefficient (Wildman–Crippen LogP) is 5.57. The van der Waals surface area contributed by atoms with Crippen LogP contribution in [0.3, 0.4) is 0 Å². The van der Waals surface area contributed by atoms with E-state index < -0.39 is 0 Å². The highest BCUT2D eigenvalue weighted by Crippen LogP contribution is 2.34. The molecule has 4 rings (SSSR count). The summed E-state index contributed by atoms with van der Waals surface area (Å²) in [7, 11) is 0. The van der Waals surface area contributed by atoms with Gasteiger partial charge >= 0.3 is 0 Å². The second-order valence-electron chi connectivity index (χ2n) is 8.60. The van der Waals surface area contributed by atoms with E-state index in [1.54, 1.807) is 0 Å². The standard InChI is InChI=1S/C25H31N5O/c1-6-27-25-28-24-21(26)12-20(23-16(4)29-31-17(23)5)13-22(24)30(25)14-19-9-7-18(8-10-19)11-15(2)3/h7-10,12-13,15H,6,11,14,26H2,1-5H3,(H,27,28). The molecule has 0 aliphatic carbocycles. The minimum Gasteiger partial charge on any atom is -0.397 e. The SMILES string of the molecule is CCNc1nc2c(N)cc(-c3c(C)noc3C)cc2n1Cc1ccc(CC(C)C)cc1. The highest BCUT2D eigenvalue weighted by atomic mass is 16.5. The van der Waals surface area contributed by atoms with Crippen LogP contribution in [-0.4, -0.2) is 21.3 Å². The maximum atomic E-state index is 6.45. The Kier molecular flexibility index (Phi) is 5.72. The number of aryl methyl sites for hydroxylation is 2. The smallest absolute Gasteiger partial charge is 0.204 e. The summed E-state index contributed by atoms with van der Waals surface area (Å²) in [5.41, 5.74) is 14.3. The van der Waals surface area contributed by atoms with Gasteiger partial charge in [-0.05, 0) is 61.9 Å². The van der Waals surface area contributed by atoms with Crippen LogP contribution in [-0.2, 0) is 13.0 Å². The molecule has 0 fully saturated rings. The Balaban J connectivity index is 1.80. The van der Waals surface area contributed by atoms with Crippen LogP contribution < -0.4 is 11.1 Å². The number of nitrogen functional groups attached to an aromatic ring is 1. The van der Waals surface area contributed by atoms with Crippen molar-refractivity contribution in [3.05, 3.63) is 59.0 Å². The first kappa shape index (κ1) is 21.0. The highest BCUT2D eigenvalue weighted by Gasteiger charge is 2.18. The fraction of sp³-hybridized carbons (Fsp3) is 0.360. The Morgan fingerprint density at radius 2 is 1.81 bits per heavy atom. The number of nitrogens with two attached hydrogens (primary N) is 1. The van der Waals surface area contributed by atoms with E-state index in [9.17, 15) is 0 Å². The fourth-order valence-corrected chi connectivity index (χ4v) is 4.18. The first-order chi connectivity index (χ1) is 14.9. The number of nitrogens with zero attached hydrogens (tertiary/aromatic N) is 3. The molecule has 0 aliphatic heterocycles. The first-order valence-corrected chi connectivity index (χ1v) is 10.9. The number of hydrogen-bond acceptors (Lipinski definition) is 5. The molecule has 3 N–H and O–H groups in total. The van der Waals surface area contributed by atoms with Crippen molar-refractivity contribution in [3.63, 3.8) is 0 Å². The third-order valence-corrected chi connectivity index (χ3v) is 5.55. The van der Waals surface area contributed by atoms with Crippen LogP contribution in [0.25, 0.3) is 22.2 Å². The Morgan fingerprint density at radius 1 is 1.10 bits per heavy atom. The van der Waals surface area contributed by atoms with Crippen molar-refractivity contribution in [3.8, 4) is 11.1 Å². The number of benzene rings is 2. The normalized spacial score (nSPS) is 11.5. The summed E-state index contributed by atoms with van der Waals surface area (Å²) in [6, 6.07) is 13.0. The molecule has 2 aromatic carbocycles. The predicted molar refractivity (Wildman–Crippen MR) is 127 cm³/mol. The third-order valence-electron chi connectivity index (χ3n) is 5.55. The van der Waals surface area contributed by atoms with Crippen molar-refractivity contribution in [2.75, 3.05) is 17.6 Å². The Morgan fingerprint density at radius 3 is 2.42 bits per heavy atom. The van der Waals surface area contributed by atoms with E-state index in [2.05, 4.69) is 66.1 Å². The minimum absolute atomic E-state index is 0.648. The van der Waals surface area contributed by atoms with E-state index >= 15 is 0 Å². The number of anilines is 2. The summed E-state index contributed by atoms with van der Waals surface area (Å²) in [4.78, 5) is 4.81. The summed E-state index contributed by atoms with van der Waals surface area (Å²) >= 11 is 0. The van der Waals surface area contributed by atoms with Crippen molar-refractivity contribution in [1.82, 2.24) is 14.7 Å². The summed E-state index contributed by atoms with van der Waals surface area (Å²) in [5, 5.41) is 7.50. The second-order valence-corrected chi connectivity index (χ2v) is 8.60. The summed E-state index contributed by atoms with van der Waals surface area (Å²) in [6.07, 6.45) is 1.09. The zero-order valence-electron chi connectivity index (χ0n) is 19.0. The molecule has 0 saturated carbocycles. The van der Waals surface area contributed by atoms with Crippen LogP contribution in [0, 0.1) is 19.8 Å². The topological polar surface area (TPSA) is 81.9 Å². The first-order valence-electron chi connectivity index (χ1n) is 10.9. The average molecular weight is 418 g/mol. The largest absolute Gasteiger partial charge is 0.397 e. The van der Waals surface area contributed by atoms with Crippen molar-refractivity contribution in [1.29, 1.82) is 0 Å². The highest BCUT2D eigenvalue weighted by molar-refractivity contribution is 5.94. The summed E-state index contributed by atoms with van der Waals surface area (Å²) < 4.78 is 7.59. The van der Waals surface area contributed by atoms with Gasteiger partial charge in [0.2, 0.25) is 5.95 Å². The molecule has 0 spiro atoms. The van der Waals surface area contributed by atoms with Gasteiger partial charge in [0.25, 0.3) is 0 Å². The Labute approximate surface area is 183 Å². The summed E-state index contributed by atoms with van der Waals surface area (Å²) in [6.45, 7) is 11.9. The molecule has 0 saturated heterocycles. The molecule has 0 radical (unpaired) electrons. The third kappa shape index (κ3) is 4.15. The van der Waals surface area contributed by atoms with Crippen LogP contribution in [0.1, 0.15) is 43.4 Å². The van der Waals surface area contributed by atoms with Crippen molar-refractivity contribution >= 4 is 22.7 Å². The quantitative estimate of drug-likeness (QED) is 0.384. The van der Waals surface area contributed by atoms with Crippen LogP contribution in [0.5, 0.6) is 0 Å². The molecule has 162 valence electrons. The van der Waals surface area contributed by atoms with Crippen LogP contribution >= 0.6 is 0 Å². The van der Waals surface area contributed by atoms with Gasteiger partial charge in [0.05, 0.1) is 23.4 Å². The van der Waals surface area contributed by atoms with E-state index in [0.29, 0.717) is 18.2 Å². The lowest BCUT2D eigenvalue weighted by molar-refractivity contribution is 0.393. The van der Waals surface area contributed by atoms with Gasteiger partial charge in [-0.25, -0.2) is 4.98 Å². The van der Waals surface area contributed by atoms with Gasteiger partial charge in [-0.15, -0.1) is 0 Å². The van der Waals surface area contributed by atoms with Gasteiger partial charge < -0.3 is 20.1 Å². The van der Waals surface area contributed by atoms with Gasteiger partial charge in [-0.2, -0.15) is 0 Å². The van der Waals surface area contributed by atoms with E-state index in [0.717, 1.165) is 52.5 Å². The lowest BCUT2D eigenvalue weighted by Gasteiger charge is -2.12. The number of rotatable bonds is 7. The number of nitrogens with one attached hydrogen (secondary N) is 1. The van der Waals surface area contributed by atoms with Crippen LogP contribution in [0.4, 0.5) is 11.6 Å². The molecule has 0 unspecified atom stereocenters. The van der Waals surface area contributed by atoms with E-state index in [-0.39, 0.29) is 0 Å². The van der Waals surface area contributed by atoms with Gasteiger partial charge in [0, 0.05) is 12.1 Å². The van der Waals surface area contributed by atoms with Gasteiger partial charge in [-0.3, -0.25) is 0 Å². The van der Waals surface area contributed by atoms with Crippen LogP contribution in [0.15, 0.2) is 40.9 Å². The molecular formula is C25H31N5O. The lowest BCUT2D eigenvalue weighted by Crippen LogP contribution is -2.08. The van der Waals surface area contributed by atoms with Gasteiger partial charge in [0.15, 0.2) is 0 Å². The summed E-state index contributed by atoms with van der Waals surface area (Å²) in [5.74, 6) is 2.26. The molecule has 0 amide bonds. The monoisotopic (exact) mass is 417 g/mol. The van der Waals surface area contributed by atoms with E-state index in [4.69, 9.17) is 15.2 Å². The molecule has 6 nitrogen and oxygen atoms in total. The second kappa shape index (κ2) is 8.46. The molecule has 31 heavy (non-hydrogen) atoms. The number of hydrogen-bond donors (Lipinski definition) is 2. The molecule has 0 atom stereocenters. The van der Waals surface area contributed by atoms with E-state index in [1.165, 1.54) is 11.1 Å². The zero-order valence-corrected chi connectivity index (χ0v) is 19.0. The Hall–Kier alpha value is -3.28. The lowest BCUT2D eigenvalue weighted by atomic mass is 10.0. The van der Waals surface area contributed by atoms with Crippen molar-refractivity contribution in [2.24, 2.45) is 5.92 Å². The fourth-order valence-electron chi connectivity index (χ4n) is 4.18. The molecule has 6 heteroatoms. The van der Waals surface area contributed by atoms with Crippen molar-refractivity contribution < 1.29 is 4.52 Å². The maximum Gasteiger partial charge on any atom is 0.204 e. The van der Waals surface area contributed by atoms with Crippen LogP contribution in [0.2, 0.25) is 0 Å². The Bertz CT molecular complexity index is 1180. The maximum absolute atomic E-state index is 6.45. The molecular weight excluding hydrogens is 386 g/mol. The zero-order chi connectivity index (χ0) is 22.1. The molecule has 0 aliphatic rings. The van der Waals surface area contributed by atoms with Gasteiger partial charge in [0.1, 0.15) is 11.3 Å². The average Bonchev–Trinajstić information content (AvgIpc) is 3.23.